The van der Waals surface area contributed by atoms with E-state index >= 15 is 0 Å². The zero-order chi connectivity index (χ0) is 14.4. The Morgan fingerprint density at radius 1 is 1.26 bits per heavy atom. The minimum atomic E-state index is -0.459. The molecular weight excluding hydrogens is 264 g/mol. The molecule has 0 bridgehead atoms. The van der Waals surface area contributed by atoms with Crippen molar-refractivity contribution in [1.82, 2.24) is 5.32 Å². The lowest BCUT2D eigenvalue weighted by atomic mass is 10.0. The van der Waals surface area contributed by atoms with Crippen molar-refractivity contribution in [3.8, 4) is 0 Å². The van der Waals surface area contributed by atoms with Gasteiger partial charge in [-0.05, 0) is 31.5 Å². The van der Waals surface area contributed by atoms with Crippen LogP contribution in [0.2, 0.25) is 0 Å². The van der Waals surface area contributed by atoms with E-state index in [0.29, 0.717) is 23.1 Å². The predicted molar refractivity (Wildman–Crippen MR) is 79.7 cm³/mol. The van der Waals surface area contributed by atoms with Gasteiger partial charge in [-0.25, -0.2) is 8.78 Å². The van der Waals surface area contributed by atoms with Crippen molar-refractivity contribution in [2.45, 2.75) is 45.4 Å². The Balaban J connectivity index is 2.95. The molecule has 2 atom stereocenters. The van der Waals surface area contributed by atoms with Crippen LogP contribution in [-0.2, 0) is 0 Å². The molecule has 0 spiro atoms. The van der Waals surface area contributed by atoms with Crippen molar-refractivity contribution < 1.29 is 8.78 Å². The molecule has 0 aromatic heterocycles. The van der Waals surface area contributed by atoms with Gasteiger partial charge < -0.3 is 5.32 Å². The van der Waals surface area contributed by atoms with Crippen LogP contribution in [0, 0.1) is 18.6 Å². The third kappa shape index (κ3) is 4.46. The second-order valence-electron chi connectivity index (χ2n) is 4.75. The lowest BCUT2D eigenvalue weighted by molar-refractivity contribution is 0.496. The van der Waals surface area contributed by atoms with Crippen molar-refractivity contribution in [2.75, 3.05) is 12.3 Å². The van der Waals surface area contributed by atoms with E-state index in [1.54, 1.807) is 18.7 Å². The number of thioether (sulfide) groups is 1. The molecule has 1 rings (SSSR count). The zero-order valence-corrected chi connectivity index (χ0v) is 12.9. The molecule has 0 heterocycles. The van der Waals surface area contributed by atoms with Gasteiger partial charge in [0, 0.05) is 22.6 Å². The first-order valence-corrected chi connectivity index (χ1v) is 7.85. The Bertz CT molecular complexity index is 409. The lowest BCUT2D eigenvalue weighted by Gasteiger charge is -2.21. The highest BCUT2D eigenvalue weighted by Gasteiger charge is 2.21. The maximum absolute atomic E-state index is 14.2. The average Bonchev–Trinajstić information content (AvgIpc) is 2.40. The number of nitrogens with one attached hydrogen (secondary N) is 1. The smallest absolute Gasteiger partial charge is 0.133 e. The van der Waals surface area contributed by atoms with Crippen LogP contribution in [0.15, 0.2) is 12.1 Å². The SMILES string of the molecule is CCNC(CSC(C)CC)c1c(F)ccc(C)c1F. The standard InChI is InChI=1S/C15H23F2NS/c1-5-11(4)19-9-13(18-6-2)14-12(16)8-7-10(3)15(14)17/h7-8,11,13,18H,5-6,9H2,1-4H3. The molecule has 0 aliphatic carbocycles. The quantitative estimate of drug-likeness (QED) is 0.795. The molecule has 0 fully saturated rings. The first kappa shape index (κ1) is 16.4. The lowest BCUT2D eigenvalue weighted by Crippen LogP contribution is -2.26. The number of hydrogen-bond donors (Lipinski definition) is 1. The molecule has 2 unspecified atom stereocenters. The van der Waals surface area contributed by atoms with Gasteiger partial charge in [0.2, 0.25) is 0 Å². The molecule has 1 N–H and O–H groups in total. The van der Waals surface area contributed by atoms with E-state index in [2.05, 4.69) is 19.2 Å². The molecule has 1 aromatic carbocycles. The molecule has 0 radical (unpaired) electrons. The first-order chi connectivity index (χ1) is 9.01. The van der Waals surface area contributed by atoms with Gasteiger partial charge in [0.25, 0.3) is 0 Å². The summed E-state index contributed by atoms with van der Waals surface area (Å²) in [6, 6.07) is 2.56. The van der Waals surface area contributed by atoms with Gasteiger partial charge >= 0.3 is 0 Å². The van der Waals surface area contributed by atoms with Crippen molar-refractivity contribution in [3.63, 3.8) is 0 Å². The molecule has 108 valence electrons. The van der Waals surface area contributed by atoms with E-state index in [-0.39, 0.29) is 11.6 Å². The summed E-state index contributed by atoms with van der Waals surface area (Å²) in [5.74, 6) is -0.199. The summed E-state index contributed by atoms with van der Waals surface area (Å²) in [5.41, 5.74) is 0.672. The number of benzene rings is 1. The molecule has 0 aliphatic rings. The summed E-state index contributed by atoms with van der Waals surface area (Å²) < 4.78 is 28.1. The van der Waals surface area contributed by atoms with Gasteiger partial charge in [0.15, 0.2) is 0 Å². The fraction of sp³-hybridized carbons (Fsp3) is 0.600. The largest absolute Gasteiger partial charge is 0.309 e. The normalized spacial score (nSPS) is 14.4. The number of hydrogen-bond acceptors (Lipinski definition) is 2. The molecular formula is C15H23F2NS. The number of halogens is 2. The van der Waals surface area contributed by atoms with Gasteiger partial charge in [0.05, 0.1) is 0 Å². The Labute approximate surface area is 119 Å². The molecule has 0 saturated heterocycles. The second-order valence-corrected chi connectivity index (χ2v) is 6.23. The number of aryl methyl sites for hydroxylation is 1. The summed E-state index contributed by atoms with van der Waals surface area (Å²) in [6.45, 7) is 8.57. The molecule has 1 aromatic rings. The van der Waals surface area contributed by atoms with Crippen LogP contribution in [0.25, 0.3) is 0 Å². The Morgan fingerprint density at radius 3 is 2.53 bits per heavy atom. The monoisotopic (exact) mass is 287 g/mol. The van der Waals surface area contributed by atoms with E-state index in [9.17, 15) is 8.78 Å². The van der Waals surface area contributed by atoms with Gasteiger partial charge in [-0.2, -0.15) is 11.8 Å². The fourth-order valence-corrected chi connectivity index (χ4v) is 2.91. The summed E-state index contributed by atoms with van der Waals surface area (Å²) in [6.07, 6.45) is 1.06. The summed E-state index contributed by atoms with van der Waals surface area (Å²) in [7, 11) is 0. The Hall–Kier alpha value is -0.610. The highest BCUT2D eigenvalue weighted by molar-refractivity contribution is 7.99. The molecule has 4 heteroatoms. The highest BCUT2D eigenvalue weighted by Crippen LogP contribution is 2.28. The van der Waals surface area contributed by atoms with Crippen molar-refractivity contribution in [1.29, 1.82) is 0 Å². The molecule has 0 amide bonds. The van der Waals surface area contributed by atoms with Crippen molar-refractivity contribution in [3.05, 3.63) is 34.9 Å². The summed E-state index contributed by atoms with van der Waals surface area (Å²) in [4.78, 5) is 0. The van der Waals surface area contributed by atoms with E-state index in [0.717, 1.165) is 6.42 Å². The van der Waals surface area contributed by atoms with Gasteiger partial charge in [-0.15, -0.1) is 0 Å². The van der Waals surface area contributed by atoms with Crippen molar-refractivity contribution in [2.24, 2.45) is 0 Å². The Kier molecular flexibility index (Phi) is 6.80. The van der Waals surface area contributed by atoms with Gasteiger partial charge in [-0.3, -0.25) is 0 Å². The van der Waals surface area contributed by atoms with Crippen LogP contribution in [0.1, 0.15) is 44.4 Å². The second kappa shape index (κ2) is 7.85. The highest BCUT2D eigenvalue weighted by atomic mass is 32.2. The molecule has 0 aliphatic heterocycles. The molecule has 0 saturated carbocycles. The van der Waals surface area contributed by atoms with E-state index in [4.69, 9.17) is 0 Å². The predicted octanol–water partition coefficient (Wildman–Crippen LogP) is 4.46. The summed E-state index contributed by atoms with van der Waals surface area (Å²) in [5, 5.41) is 3.68. The third-order valence-electron chi connectivity index (χ3n) is 3.24. The topological polar surface area (TPSA) is 12.0 Å². The fourth-order valence-electron chi connectivity index (χ4n) is 1.87. The van der Waals surface area contributed by atoms with Crippen LogP contribution in [-0.4, -0.2) is 17.5 Å². The third-order valence-corrected chi connectivity index (χ3v) is 4.67. The Morgan fingerprint density at radius 2 is 1.95 bits per heavy atom. The van der Waals surface area contributed by atoms with Gasteiger partial charge in [-0.1, -0.05) is 26.8 Å². The van der Waals surface area contributed by atoms with Gasteiger partial charge in [0.1, 0.15) is 11.6 Å². The summed E-state index contributed by atoms with van der Waals surface area (Å²) >= 11 is 1.75. The maximum atomic E-state index is 14.2. The van der Waals surface area contributed by atoms with E-state index in [1.807, 2.05) is 6.92 Å². The van der Waals surface area contributed by atoms with Crippen molar-refractivity contribution >= 4 is 11.8 Å². The van der Waals surface area contributed by atoms with E-state index < -0.39 is 11.6 Å². The minimum Gasteiger partial charge on any atom is -0.309 e. The van der Waals surface area contributed by atoms with Crippen LogP contribution in [0.3, 0.4) is 0 Å². The van der Waals surface area contributed by atoms with Crippen LogP contribution < -0.4 is 5.32 Å². The van der Waals surface area contributed by atoms with Crippen LogP contribution >= 0.6 is 11.8 Å². The van der Waals surface area contributed by atoms with Crippen LogP contribution in [0.5, 0.6) is 0 Å². The zero-order valence-electron chi connectivity index (χ0n) is 12.1. The minimum absolute atomic E-state index is 0.178. The average molecular weight is 287 g/mol. The van der Waals surface area contributed by atoms with Crippen LogP contribution in [0.4, 0.5) is 8.78 Å². The first-order valence-electron chi connectivity index (χ1n) is 6.80. The molecule has 19 heavy (non-hydrogen) atoms. The van der Waals surface area contributed by atoms with E-state index in [1.165, 1.54) is 12.1 Å². The number of rotatable bonds is 7. The maximum Gasteiger partial charge on any atom is 0.133 e. The molecule has 1 nitrogen and oxygen atoms in total.